The molecule has 1 aromatic carbocycles. The highest BCUT2D eigenvalue weighted by molar-refractivity contribution is 5.67. The van der Waals surface area contributed by atoms with Crippen molar-refractivity contribution in [1.82, 2.24) is 5.32 Å². The number of hydrogen-bond donors (Lipinski definition) is 2. The van der Waals surface area contributed by atoms with Gasteiger partial charge in [-0.2, -0.15) is 0 Å². The van der Waals surface area contributed by atoms with Crippen LogP contribution in [0.25, 0.3) is 0 Å². The molecule has 4 heteroatoms. The molecule has 0 aliphatic heterocycles. The van der Waals surface area contributed by atoms with Crippen LogP contribution in [0.1, 0.15) is 26.3 Å². The maximum Gasteiger partial charge on any atom is 0.407 e. The third-order valence-corrected chi connectivity index (χ3v) is 2.23. The number of nitrogen functional groups attached to an aromatic ring is 1. The summed E-state index contributed by atoms with van der Waals surface area (Å²) in [6, 6.07) is 7.66. The molecular weight excluding hydrogens is 216 g/mol. The molecule has 1 amide bonds. The van der Waals surface area contributed by atoms with Gasteiger partial charge in [0.2, 0.25) is 0 Å². The van der Waals surface area contributed by atoms with Crippen molar-refractivity contribution in [3.05, 3.63) is 29.8 Å². The summed E-state index contributed by atoms with van der Waals surface area (Å²) in [5.74, 6) is 0. The maximum atomic E-state index is 11.4. The Balaban J connectivity index is 2.41. The Hall–Kier alpha value is -1.71. The molecule has 0 fully saturated rings. The van der Waals surface area contributed by atoms with Crippen LogP contribution < -0.4 is 11.1 Å². The van der Waals surface area contributed by atoms with Gasteiger partial charge < -0.3 is 15.8 Å². The lowest BCUT2D eigenvalue weighted by atomic mass is 10.1. The highest BCUT2D eigenvalue weighted by Crippen LogP contribution is 2.07. The van der Waals surface area contributed by atoms with Gasteiger partial charge in [-0.1, -0.05) is 12.1 Å². The highest BCUT2D eigenvalue weighted by Gasteiger charge is 2.10. The molecule has 3 N–H and O–H groups in total. The molecule has 0 aromatic heterocycles. The fourth-order valence-electron chi connectivity index (χ4n) is 1.51. The third-order valence-electron chi connectivity index (χ3n) is 2.23. The lowest BCUT2D eigenvalue weighted by Gasteiger charge is -2.15. The van der Waals surface area contributed by atoms with Crippen LogP contribution in [0, 0.1) is 0 Å². The quantitative estimate of drug-likeness (QED) is 0.789. The number of anilines is 1. The van der Waals surface area contributed by atoms with Crippen molar-refractivity contribution in [3.63, 3.8) is 0 Å². The number of benzene rings is 1. The predicted molar refractivity (Wildman–Crippen MR) is 68.8 cm³/mol. The highest BCUT2D eigenvalue weighted by atomic mass is 16.6. The van der Waals surface area contributed by atoms with Gasteiger partial charge in [-0.05, 0) is 44.9 Å². The van der Waals surface area contributed by atoms with Crippen molar-refractivity contribution < 1.29 is 9.53 Å². The van der Waals surface area contributed by atoms with Crippen LogP contribution in [0.5, 0.6) is 0 Å². The summed E-state index contributed by atoms with van der Waals surface area (Å²) in [5.41, 5.74) is 7.48. The molecule has 1 unspecified atom stereocenters. The number of rotatable bonds is 4. The number of carbonyl (C=O) groups is 1. The van der Waals surface area contributed by atoms with Gasteiger partial charge in [-0.15, -0.1) is 0 Å². The molecule has 0 aliphatic carbocycles. The standard InChI is InChI=1S/C13H20N2O2/c1-9(2)17-13(16)15-10(3)8-11-4-6-12(14)7-5-11/h4-7,9-10H,8,14H2,1-3H3,(H,15,16). The summed E-state index contributed by atoms with van der Waals surface area (Å²) in [6.45, 7) is 5.59. The minimum absolute atomic E-state index is 0.0323. The number of hydrogen-bond acceptors (Lipinski definition) is 3. The maximum absolute atomic E-state index is 11.4. The van der Waals surface area contributed by atoms with E-state index in [1.54, 1.807) is 0 Å². The van der Waals surface area contributed by atoms with Crippen molar-refractivity contribution in [3.8, 4) is 0 Å². The van der Waals surface area contributed by atoms with Crippen molar-refractivity contribution in [2.45, 2.75) is 39.3 Å². The molecular formula is C13H20N2O2. The first-order valence-corrected chi connectivity index (χ1v) is 5.79. The molecule has 0 saturated heterocycles. The van der Waals surface area contributed by atoms with Crippen LogP contribution in [-0.4, -0.2) is 18.2 Å². The SMILES string of the molecule is CC(Cc1ccc(N)cc1)NC(=O)OC(C)C. The van der Waals surface area contributed by atoms with Crippen molar-refractivity contribution in [2.75, 3.05) is 5.73 Å². The van der Waals surface area contributed by atoms with E-state index in [-0.39, 0.29) is 18.2 Å². The second kappa shape index (κ2) is 6.13. The molecule has 1 aromatic rings. The van der Waals surface area contributed by atoms with Gasteiger partial charge in [0, 0.05) is 11.7 Å². The van der Waals surface area contributed by atoms with Crippen LogP contribution in [0.3, 0.4) is 0 Å². The molecule has 4 nitrogen and oxygen atoms in total. The van der Waals surface area contributed by atoms with E-state index < -0.39 is 0 Å². The second-order valence-corrected chi connectivity index (χ2v) is 4.45. The van der Waals surface area contributed by atoms with Gasteiger partial charge in [0.05, 0.1) is 6.10 Å². The fourth-order valence-corrected chi connectivity index (χ4v) is 1.51. The molecule has 94 valence electrons. The number of amides is 1. The van der Waals surface area contributed by atoms with Crippen LogP contribution in [0.4, 0.5) is 10.5 Å². The largest absolute Gasteiger partial charge is 0.447 e. The number of alkyl carbamates (subject to hydrolysis) is 1. The average molecular weight is 236 g/mol. The Kier molecular flexibility index (Phi) is 4.82. The van der Waals surface area contributed by atoms with Crippen molar-refractivity contribution in [1.29, 1.82) is 0 Å². The lowest BCUT2D eigenvalue weighted by Crippen LogP contribution is -2.35. The van der Waals surface area contributed by atoms with Crippen molar-refractivity contribution in [2.24, 2.45) is 0 Å². The molecule has 1 atom stereocenters. The Morgan fingerprint density at radius 3 is 2.41 bits per heavy atom. The Labute approximate surface area is 102 Å². The van der Waals surface area contributed by atoms with Gasteiger partial charge in [0.1, 0.15) is 0 Å². The minimum atomic E-state index is -0.372. The van der Waals surface area contributed by atoms with Gasteiger partial charge in [0.25, 0.3) is 0 Å². The average Bonchev–Trinajstić information content (AvgIpc) is 2.19. The smallest absolute Gasteiger partial charge is 0.407 e. The lowest BCUT2D eigenvalue weighted by molar-refractivity contribution is 0.113. The molecule has 0 spiro atoms. The van der Waals surface area contributed by atoms with Gasteiger partial charge in [-0.3, -0.25) is 0 Å². The summed E-state index contributed by atoms with van der Waals surface area (Å²) in [5, 5.41) is 2.78. The fraction of sp³-hybridized carbons (Fsp3) is 0.462. The van der Waals surface area contributed by atoms with E-state index in [4.69, 9.17) is 10.5 Å². The number of nitrogens with two attached hydrogens (primary N) is 1. The first-order valence-electron chi connectivity index (χ1n) is 5.79. The van der Waals surface area contributed by atoms with E-state index in [1.807, 2.05) is 45.0 Å². The molecule has 0 bridgehead atoms. The van der Waals surface area contributed by atoms with Crippen LogP contribution in [-0.2, 0) is 11.2 Å². The zero-order valence-corrected chi connectivity index (χ0v) is 10.6. The summed E-state index contributed by atoms with van der Waals surface area (Å²) < 4.78 is 5.01. The molecule has 17 heavy (non-hydrogen) atoms. The van der Waals surface area contributed by atoms with Gasteiger partial charge in [0.15, 0.2) is 0 Å². The Morgan fingerprint density at radius 2 is 1.88 bits per heavy atom. The minimum Gasteiger partial charge on any atom is -0.447 e. The normalized spacial score (nSPS) is 12.2. The van der Waals surface area contributed by atoms with E-state index in [0.29, 0.717) is 0 Å². The molecule has 1 rings (SSSR count). The second-order valence-electron chi connectivity index (χ2n) is 4.45. The van der Waals surface area contributed by atoms with E-state index >= 15 is 0 Å². The molecule has 0 aliphatic rings. The first kappa shape index (κ1) is 13.4. The van der Waals surface area contributed by atoms with Gasteiger partial charge in [-0.25, -0.2) is 4.79 Å². The summed E-state index contributed by atoms with van der Waals surface area (Å²) in [6.07, 6.45) is 0.287. The van der Waals surface area contributed by atoms with Crippen LogP contribution >= 0.6 is 0 Å². The Morgan fingerprint density at radius 1 is 1.29 bits per heavy atom. The summed E-state index contributed by atoms with van der Waals surface area (Å²) in [7, 11) is 0. The van der Waals surface area contributed by atoms with E-state index in [2.05, 4.69) is 5.32 Å². The topological polar surface area (TPSA) is 64.3 Å². The van der Waals surface area contributed by atoms with Crippen molar-refractivity contribution >= 4 is 11.8 Å². The van der Waals surface area contributed by atoms with Gasteiger partial charge >= 0.3 is 6.09 Å². The van der Waals surface area contributed by atoms with Crippen LogP contribution in [0.2, 0.25) is 0 Å². The predicted octanol–water partition coefficient (Wildman–Crippen LogP) is 2.33. The van der Waals surface area contributed by atoms with Crippen LogP contribution in [0.15, 0.2) is 24.3 Å². The number of ether oxygens (including phenoxy) is 1. The number of nitrogens with one attached hydrogen (secondary N) is 1. The van der Waals surface area contributed by atoms with E-state index in [9.17, 15) is 4.79 Å². The summed E-state index contributed by atoms with van der Waals surface area (Å²) >= 11 is 0. The number of carbonyl (C=O) groups excluding carboxylic acids is 1. The monoisotopic (exact) mass is 236 g/mol. The third kappa shape index (κ3) is 5.24. The zero-order valence-electron chi connectivity index (χ0n) is 10.6. The van der Waals surface area contributed by atoms with E-state index in [1.165, 1.54) is 0 Å². The van der Waals surface area contributed by atoms with E-state index in [0.717, 1.165) is 17.7 Å². The zero-order chi connectivity index (χ0) is 12.8. The summed E-state index contributed by atoms with van der Waals surface area (Å²) in [4.78, 5) is 11.4. The molecule has 0 radical (unpaired) electrons. The Bertz CT molecular complexity index is 360. The molecule has 0 saturated carbocycles. The molecule has 0 heterocycles. The first-order chi connectivity index (χ1) is 7.97.